The lowest BCUT2D eigenvalue weighted by Crippen LogP contribution is -2.45. The molecule has 17 heavy (non-hydrogen) atoms. The van der Waals surface area contributed by atoms with Gasteiger partial charge in [0.2, 0.25) is 5.91 Å². The lowest BCUT2D eigenvalue weighted by atomic mass is 9.92. The maximum absolute atomic E-state index is 12.0. The molecule has 0 aliphatic carbocycles. The SMILES string of the molecule is CCC(C)(CC)NC(=O)C[C@@H](CN)CC(C)C. The van der Waals surface area contributed by atoms with E-state index in [1.54, 1.807) is 0 Å². The first kappa shape index (κ1) is 16.4. The fraction of sp³-hybridized carbons (Fsp3) is 0.929. The van der Waals surface area contributed by atoms with Crippen LogP contribution in [0.1, 0.15) is 60.3 Å². The van der Waals surface area contributed by atoms with Crippen molar-refractivity contribution in [2.24, 2.45) is 17.6 Å². The first-order valence-corrected chi connectivity index (χ1v) is 6.87. The van der Waals surface area contributed by atoms with Crippen LogP contribution >= 0.6 is 0 Å². The summed E-state index contributed by atoms with van der Waals surface area (Å²) in [6.07, 6.45) is 3.52. The molecule has 3 heteroatoms. The van der Waals surface area contributed by atoms with Crippen LogP contribution in [0.3, 0.4) is 0 Å². The zero-order chi connectivity index (χ0) is 13.5. The number of hydrogen-bond donors (Lipinski definition) is 2. The minimum absolute atomic E-state index is 0.0614. The predicted molar refractivity (Wildman–Crippen MR) is 73.7 cm³/mol. The maximum Gasteiger partial charge on any atom is 0.220 e. The summed E-state index contributed by atoms with van der Waals surface area (Å²) >= 11 is 0. The van der Waals surface area contributed by atoms with Gasteiger partial charge < -0.3 is 11.1 Å². The average molecular weight is 242 g/mol. The zero-order valence-corrected chi connectivity index (χ0v) is 12.2. The molecule has 0 aliphatic heterocycles. The molecule has 0 spiro atoms. The Bertz CT molecular complexity index is 222. The van der Waals surface area contributed by atoms with Crippen LogP contribution in [0.5, 0.6) is 0 Å². The van der Waals surface area contributed by atoms with E-state index >= 15 is 0 Å². The summed E-state index contributed by atoms with van der Waals surface area (Å²) in [5.74, 6) is 1.06. The lowest BCUT2D eigenvalue weighted by Gasteiger charge is -2.29. The largest absolute Gasteiger partial charge is 0.351 e. The van der Waals surface area contributed by atoms with Crippen molar-refractivity contribution >= 4 is 5.91 Å². The summed E-state index contributed by atoms with van der Waals surface area (Å²) in [5.41, 5.74) is 5.66. The van der Waals surface area contributed by atoms with Crippen LogP contribution in [-0.2, 0) is 4.79 Å². The summed E-state index contributed by atoms with van der Waals surface area (Å²) in [6.45, 7) is 11.3. The maximum atomic E-state index is 12.0. The van der Waals surface area contributed by atoms with Crippen molar-refractivity contribution in [3.05, 3.63) is 0 Å². The second-order valence-electron chi connectivity index (χ2n) is 5.75. The third-order valence-electron chi connectivity index (χ3n) is 3.61. The van der Waals surface area contributed by atoms with Gasteiger partial charge in [0, 0.05) is 12.0 Å². The highest BCUT2D eigenvalue weighted by Crippen LogP contribution is 2.17. The van der Waals surface area contributed by atoms with Crippen molar-refractivity contribution in [1.82, 2.24) is 5.32 Å². The van der Waals surface area contributed by atoms with E-state index in [1.165, 1.54) is 0 Å². The first-order valence-electron chi connectivity index (χ1n) is 6.87. The second kappa shape index (κ2) is 7.70. The van der Waals surface area contributed by atoms with E-state index in [2.05, 4.69) is 39.9 Å². The molecule has 0 aromatic heterocycles. The van der Waals surface area contributed by atoms with Crippen LogP contribution in [-0.4, -0.2) is 18.0 Å². The fourth-order valence-electron chi connectivity index (χ4n) is 2.01. The Kier molecular flexibility index (Phi) is 7.44. The van der Waals surface area contributed by atoms with E-state index in [0.717, 1.165) is 19.3 Å². The van der Waals surface area contributed by atoms with Gasteiger partial charge in [-0.25, -0.2) is 0 Å². The van der Waals surface area contributed by atoms with Crippen LogP contribution in [0.25, 0.3) is 0 Å². The summed E-state index contributed by atoms with van der Waals surface area (Å²) in [4.78, 5) is 12.0. The number of hydrogen-bond acceptors (Lipinski definition) is 2. The molecule has 1 atom stereocenters. The molecule has 0 saturated carbocycles. The standard InChI is InChI=1S/C14H30N2O/c1-6-14(5,7-2)16-13(17)9-12(10-15)8-11(3)4/h11-12H,6-10,15H2,1-5H3,(H,16,17)/t12-/m0/s1. The quantitative estimate of drug-likeness (QED) is 0.687. The molecule has 0 unspecified atom stereocenters. The van der Waals surface area contributed by atoms with Gasteiger partial charge in [-0.2, -0.15) is 0 Å². The Morgan fingerprint density at radius 2 is 1.82 bits per heavy atom. The Hall–Kier alpha value is -0.570. The molecule has 0 radical (unpaired) electrons. The predicted octanol–water partition coefficient (Wildman–Crippen LogP) is 2.69. The van der Waals surface area contributed by atoms with Crippen LogP contribution in [0.4, 0.5) is 0 Å². The number of nitrogens with two attached hydrogens (primary N) is 1. The molecule has 0 aliphatic rings. The topological polar surface area (TPSA) is 55.1 Å². The molecule has 0 bridgehead atoms. The number of rotatable bonds is 8. The number of carbonyl (C=O) groups is 1. The lowest BCUT2D eigenvalue weighted by molar-refractivity contribution is -0.123. The normalized spacial score (nSPS) is 13.8. The molecule has 0 fully saturated rings. The Morgan fingerprint density at radius 3 is 2.18 bits per heavy atom. The fourth-order valence-corrected chi connectivity index (χ4v) is 2.01. The molecular formula is C14H30N2O. The third-order valence-corrected chi connectivity index (χ3v) is 3.61. The highest BCUT2D eigenvalue weighted by Gasteiger charge is 2.23. The third kappa shape index (κ3) is 6.67. The van der Waals surface area contributed by atoms with Gasteiger partial charge in [-0.3, -0.25) is 4.79 Å². The van der Waals surface area contributed by atoms with Crippen molar-refractivity contribution in [2.75, 3.05) is 6.54 Å². The molecule has 3 N–H and O–H groups in total. The average Bonchev–Trinajstić information content (AvgIpc) is 2.27. The van der Waals surface area contributed by atoms with Gasteiger partial charge in [0.05, 0.1) is 0 Å². The van der Waals surface area contributed by atoms with Gasteiger partial charge in [0.25, 0.3) is 0 Å². The Balaban J connectivity index is 4.23. The van der Waals surface area contributed by atoms with Gasteiger partial charge in [0.15, 0.2) is 0 Å². The highest BCUT2D eigenvalue weighted by molar-refractivity contribution is 5.77. The summed E-state index contributed by atoms with van der Waals surface area (Å²) < 4.78 is 0. The van der Waals surface area contributed by atoms with Crippen molar-refractivity contribution in [2.45, 2.75) is 65.8 Å². The van der Waals surface area contributed by atoms with Crippen LogP contribution in [0, 0.1) is 11.8 Å². The summed E-state index contributed by atoms with van der Waals surface area (Å²) in [7, 11) is 0. The van der Waals surface area contributed by atoms with E-state index in [-0.39, 0.29) is 11.4 Å². The molecule has 0 heterocycles. The van der Waals surface area contributed by atoms with E-state index in [1.807, 2.05) is 0 Å². The van der Waals surface area contributed by atoms with Gasteiger partial charge in [-0.05, 0) is 44.6 Å². The Labute approximate surface area is 107 Å². The zero-order valence-electron chi connectivity index (χ0n) is 12.2. The van der Waals surface area contributed by atoms with Crippen molar-refractivity contribution < 1.29 is 4.79 Å². The van der Waals surface area contributed by atoms with Crippen LogP contribution in [0.2, 0.25) is 0 Å². The van der Waals surface area contributed by atoms with Crippen LogP contribution < -0.4 is 11.1 Å². The van der Waals surface area contributed by atoms with Gasteiger partial charge in [0.1, 0.15) is 0 Å². The van der Waals surface area contributed by atoms with E-state index in [9.17, 15) is 4.79 Å². The molecular weight excluding hydrogens is 212 g/mol. The molecule has 1 amide bonds. The second-order valence-corrected chi connectivity index (χ2v) is 5.75. The van der Waals surface area contributed by atoms with E-state index in [4.69, 9.17) is 5.73 Å². The number of nitrogens with one attached hydrogen (secondary N) is 1. The first-order chi connectivity index (χ1) is 7.86. The number of carbonyl (C=O) groups excluding carboxylic acids is 1. The van der Waals surface area contributed by atoms with Gasteiger partial charge in [-0.15, -0.1) is 0 Å². The van der Waals surface area contributed by atoms with E-state index in [0.29, 0.717) is 24.8 Å². The molecule has 0 aromatic carbocycles. The molecule has 3 nitrogen and oxygen atoms in total. The number of amides is 1. The Morgan fingerprint density at radius 1 is 1.29 bits per heavy atom. The van der Waals surface area contributed by atoms with Crippen molar-refractivity contribution in [1.29, 1.82) is 0 Å². The smallest absolute Gasteiger partial charge is 0.220 e. The molecule has 0 aromatic rings. The molecule has 102 valence electrons. The summed E-state index contributed by atoms with van der Waals surface area (Å²) in [5, 5.41) is 3.14. The molecule has 0 rings (SSSR count). The van der Waals surface area contributed by atoms with Gasteiger partial charge in [-0.1, -0.05) is 27.7 Å². The minimum atomic E-state index is -0.0614. The molecule has 0 saturated heterocycles. The van der Waals surface area contributed by atoms with Crippen LogP contribution in [0.15, 0.2) is 0 Å². The van der Waals surface area contributed by atoms with E-state index < -0.39 is 0 Å². The van der Waals surface area contributed by atoms with Crippen molar-refractivity contribution in [3.63, 3.8) is 0 Å². The van der Waals surface area contributed by atoms with Gasteiger partial charge >= 0.3 is 0 Å². The van der Waals surface area contributed by atoms with Crippen molar-refractivity contribution in [3.8, 4) is 0 Å². The monoisotopic (exact) mass is 242 g/mol. The highest BCUT2D eigenvalue weighted by atomic mass is 16.1. The minimum Gasteiger partial charge on any atom is -0.351 e. The summed E-state index contributed by atoms with van der Waals surface area (Å²) in [6, 6.07) is 0.